The zero-order chi connectivity index (χ0) is 15.5. The van der Waals surface area contributed by atoms with E-state index in [-0.39, 0.29) is 30.4 Å². The highest BCUT2D eigenvalue weighted by Gasteiger charge is 2.49. The lowest BCUT2D eigenvalue weighted by Gasteiger charge is -2.33. The molecule has 0 saturated carbocycles. The highest BCUT2D eigenvalue weighted by atomic mass is 16.6. The minimum Gasteiger partial charge on any atom is -0.504 e. The maximum Gasteiger partial charge on any atom is 0.359 e. The van der Waals surface area contributed by atoms with E-state index in [0.29, 0.717) is 0 Å². The van der Waals surface area contributed by atoms with Crippen LogP contribution in [0.3, 0.4) is 0 Å². The van der Waals surface area contributed by atoms with Gasteiger partial charge in [-0.3, -0.25) is 9.69 Å². The van der Waals surface area contributed by atoms with Crippen LogP contribution in [0, 0.1) is 0 Å². The molecule has 2 heterocycles. The lowest BCUT2D eigenvalue weighted by molar-refractivity contribution is -0.159. The highest BCUT2D eigenvalue weighted by Crippen LogP contribution is 2.37. The van der Waals surface area contributed by atoms with Crippen LogP contribution in [0.15, 0.2) is 54.1 Å². The summed E-state index contributed by atoms with van der Waals surface area (Å²) >= 11 is 0. The smallest absolute Gasteiger partial charge is 0.359 e. The molecule has 3 rings (SSSR count). The number of benzene rings is 1. The van der Waals surface area contributed by atoms with Crippen molar-refractivity contribution in [2.75, 3.05) is 7.11 Å². The first-order chi connectivity index (χ1) is 10.7. The molecule has 1 aromatic carbocycles. The van der Waals surface area contributed by atoms with E-state index in [1.165, 1.54) is 24.3 Å². The summed E-state index contributed by atoms with van der Waals surface area (Å²) < 4.78 is 15.6. The zero-order valence-corrected chi connectivity index (χ0v) is 12.0. The summed E-state index contributed by atoms with van der Waals surface area (Å²) in [4.78, 5) is 25.3. The average Bonchev–Trinajstić information content (AvgIpc) is 2.83. The van der Waals surface area contributed by atoms with E-state index in [0.717, 1.165) is 5.56 Å². The molecule has 0 aliphatic carbocycles. The molecule has 1 amide bonds. The molecule has 0 spiro atoms. The molecule has 1 fully saturated rings. The number of ether oxygens (including phenoxy) is 3. The number of carbonyl (C=O) groups is 2. The second-order valence-electron chi connectivity index (χ2n) is 4.85. The largest absolute Gasteiger partial charge is 0.504 e. The highest BCUT2D eigenvalue weighted by molar-refractivity contribution is 5.98. The molecule has 0 bridgehead atoms. The molecular weight excluding hydrogens is 286 g/mol. The predicted octanol–water partition coefficient (Wildman–Crippen LogP) is 1.69. The zero-order valence-electron chi connectivity index (χ0n) is 12.0. The van der Waals surface area contributed by atoms with Gasteiger partial charge in [-0.2, -0.15) is 0 Å². The molecule has 0 N–H and O–H groups in total. The number of β-lactam (4-membered cyclic amide) rings is 1. The third kappa shape index (κ3) is 2.55. The SMILES string of the molecule is COC=CC1=C(C(=O)OCc2ccccc2)N2C(=O)C[C@H]2O1. The normalized spacial score (nSPS) is 19.8. The fourth-order valence-corrected chi connectivity index (χ4v) is 2.31. The Labute approximate surface area is 127 Å². The van der Waals surface area contributed by atoms with E-state index in [2.05, 4.69) is 0 Å². The minimum atomic E-state index is -0.588. The van der Waals surface area contributed by atoms with Gasteiger partial charge in [0.2, 0.25) is 5.91 Å². The average molecular weight is 301 g/mol. The molecule has 1 atom stereocenters. The molecule has 0 aromatic heterocycles. The number of amides is 1. The first kappa shape index (κ1) is 14.2. The van der Waals surface area contributed by atoms with Gasteiger partial charge in [-0.25, -0.2) is 4.79 Å². The Morgan fingerprint density at radius 3 is 2.86 bits per heavy atom. The monoisotopic (exact) mass is 301 g/mol. The van der Waals surface area contributed by atoms with Crippen molar-refractivity contribution in [3.63, 3.8) is 0 Å². The number of fused-ring (bicyclic) bond motifs is 1. The van der Waals surface area contributed by atoms with Crippen LogP contribution < -0.4 is 0 Å². The molecule has 2 aliphatic heterocycles. The summed E-state index contributed by atoms with van der Waals surface area (Å²) in [6, 6.07) is 9.33. The summed E-state index contributed by atoms with van der Waals surface area (Å²) in [7, 11) is 1.49. The van der Waals surface area contributed by atoms with E-state index in [4.69, 9.17) is 14.2 Å². The Kier molecular flexibility index (Phi) is 3.82. The predicted molar refractivity (Wildman–Crippen MR) is 75.7 cm³/mol. The van der Waals surface area contributed by atoms with E-state index >= 15 is 0 Å². The van der Waals surface area contributed by atoms with E-state index < -0.39 is 12.2 Å². The summed E-state index contributed by atoms with van der Waals surface area (Å²) in [5.74, 6) is -0.455. The van der Waals surface area contributed by atoms with Gasteiger partial charge in [0.05, 0.1) is 19.8 Å². The third-order valence-electron chi connectivity index (χ3n) is 3.40. The summed E-state index contributed by atoms with van der Waals surface area (Å²) in [6.07, 6.45) is 2.74. The molecule has 1 saturated heterocycles. The van der Waals surface area contributed by atoms with Crippen molar-refractivity contribution >= 4 is 11.9 Å². The van der Waals surface area contributed by atoms with Crippen LogP contribution in [-0.2, 0) is 30.4 Å². The second-order valence-corrected chi connectivity index (χ2v) is 4.85. The van der Waals surface area contributed by atoms with Gasteiger partial charge in [0.25, 0.3) is 0 Å². The van der Waals surface area contributed by atoms with Gasteiger partial charge in [0.1, 0.15) is 6.61 Å². The molecule has 0 radical (unpaired) electrons. The van der Waals surface area contributed by atoms with Crippen LogP contribution >= 0.6 is 0 Å². The van der Waals surface area contributed by atoms with Crippen molar-refractivity contribution in [1.29, 1.82) is 0 Å². The Morgan fingerprint density at radius 1 is 1.41 bits per heavy atom. The Hall–Kier alpha value is -2.76. The molecular formula is C16H15NO5. The van der Waals surface area contributed by atoms with Crippen molar-refractivity contribution in [1.82, 2.24) is 4.90 Å². The Bertz CT molecular complexity index is 650. The van der Waals surface area contributed by atoms with Crippen LogP contribution in [-0.4, -0.2) is 30.1 Å². The Balaban J connectivity index is 1.75. The first-order valence-electron chi connectivity index (χ1n) is 6.84. The van der Waals surface area contributed by atoms with E-state index in [1.807, 2.05) is 30.3 Å². The minimum absolute atomic E-state index is 0.130. The number of hydrogen-bond donors (Lipinski definition) is 0. The number of hydrogen-bond acceptors (Lipinski definition) is 5. The fraction of sp³-hybridized carbons (Fsp3) is 0.250. The van der Waals surface area contributed by atoms with Crippen LogP contribution in [0.2, 0.25) is 0 Å². The van der Waals surface area contributed by atoms with Crippen molar-refractivity contribution < 1.29 is 23.8 Å². The van der Waals surface area contributed by atoms with Crippen LogP contribution in [0.5, 0.6) is 0 Å². The third-order valence-corrected chi connectivity index (χ3v) is 3.40. The van der Waals surface area contributed by atoms with Crippen molar-refractivity contribution in [3.05, 3.63) is 59.7 Å². The maximum absolute atomic E-state index is 12.3. The summed E-state index contributed by atoms with van der Waals surface area (Å²) in [6.45, 7) is 0.136. The van der Waals surface area contributed by atoms with Crippen molar-refractivity contribution in [3.8, 4) is 0 Å². The molecule has 2 aliphatic rings. The van der Waals surface area contributed by atoms with Gasteiger partial charge >= 0.3 is 5.97 Å². The van der Waals surface area contributed by atoms with Gasteiger partial charge < -0.3 is 14.2 Å². The quantitative estimate of drug-likeness (QED) is 0.470. The van der Waals surface area contributed by atoms with Gasteiger partial charge in [-0.15, -0.1) is 0 Å². The van der Waals surface area contributed by atoms with Gasteiger partial charge in [0, 0.05) is 6.08 Å². The molecule has 114 valence electrons. The number of allylic oxidation sites excluding steroid dienone is 1. The first-order valence-corrected chi connectivity index (χ1v) is 6.84. The van der Waals surface area contributed by atoms with E-state index in [9.17, 15) is 9.59 Å². The molecule has 1 aromatic rings. The number of carbonyl (C=O) groups excluding carboxylic acids is 2. The van der Waals surface area contributed by atoms with Gasteiger partial charge in [-0.05, 0) is 5.56 Å². The van der Waals surface area contributed by atoms with Gasteiger partial charge in [0.15, 0.2) is 17.7 Å². The molecule has 6 heteroatoms. The lowest BCUT2D eigenvalue weighted by atomic mass is 10.1. The number of methoxy groups -OCH3 is 1. The van der Waals surface area contributed by atoms with Crippen molar-refractivity contribution in [2.45, 2.75) is 19.3 Å². The Morgan fingerprint density at radius 2 is 2.18 bits per heavy atom. The van der Waals surface area contributed by atoms with E-state index in [1.54, 1.807) is 0 Å². The van der Waals surface area contributed by atoms with Crippen LogP contribution in [0.1, 0.15) is 12.0 Å². The van der Waals surface area contributed by atoms with Crippen molar-refractivity contribution in [2.24, 2.45) is 0 Å². The second kappa shape index (κ2) is 5.93. The van der Waals surface area contributed by atoms with Crippen LogP contribution in [0.25, 0.3) is 0 Å². The standard InChI is InChI=1S/C16H15NO5/c1-20-8-7-12-15(17-13(18)9-14(17)22-12)16(19)21-10-11-5-3-2-4-6-11/h2-8,14H,9-10H2,1H3/t14-/m1/s1. The maximum atomic E-state index is 12.3. The molecule has 0 unspecified atom stereocenters. The molecule has 22 heavy (non-hydrogen) atoms. The number of esters is 1. The summed E-state index contributed by atoms with van der Waals surface area (Å²) in [5, 5.41) is 0. The summed E-state index contributed by atoms with van der Waals surface area (Å²) in [5.41, 5.74) is 1.00. The van der Waals surface area contributed by atoms with Gasteiger partial charge in [-0.1, -0.05) is 30.3 Å². The van der Waals surface area contributed by atoms with Crippen LogP contribution in [0.4, 0.5) is 0 Å². The number of nitrogens with zero attached hydrogens (tertiary/aromatic N) is 1. The number of rotatable bonds is 5. The molecule has 6 nitrogen and oxygen atoms in total. The lowest BCUT2D eigenvalue weighted by Crippen LogP contribution is -2.50. The topological polar surface area (TPSA) is 65.1 Å². The fourth-order valence-electron chi connectivity index (χ4n) is 2.31.